The van der Waals surface area contributed by atoms with Crippen LogP contribution in [0.15, 0.2) is 26.7 Å². The molecule has 19 heavy (non-hydrogen) atoms. The Morgan fingerprint density at radius 3 is 3.00 bits per heavy atom. The number of aromatic nitrogens is 1. The molecular formula is C14H14N2OS2. The van der Waals surface area contributed by atoms with Gasteiger partial charge in [0.1, 0.15) is 0 Å². The number of aryl methyl sites for hydroxylation is 2. The fraction of sp³-hybridized carbons (Fsp3) is 0.286. The minimum atomic E-state index is 0.227. The number of hydrogen-bond donors (Lipinski definition) is 1. The molecule has 0 bridgehead atoms. The zero-order valence-electron chi connectivity index (χ0n) is 10.6. The summed E-state index contributed by atoms with van der Waals surface area (Å²) in [6, 6.07) is 3.87. The number of nitrogens with zero attached hydrogens (tertiary/aromatic N) is 1. The monoisotopic (exact) mass is 290 g/mol. The SMILES string of the molecule is CCc1csc(Sc2cc3c(cc2N)CCC3=O)n1. The van der Waals surface area contributed by atoms with Crippen LogP contribution in [0, 0.1) is 0 Å². The molecule has 5 heteroatoms. The Balaban J connectivity index is 1.92. The number of fused-ring (bicyclic) bond motifs is 1. The molecule has 0 spiro atoms. The van der Waals surface area contributed by atoms with Crippen molar-refractivity contribution in [3.05, 3.63) is 34.3 Å². The smallest absolute Gasteiger partial charge is 0.163 e. The van der Waals surface area contributed by atoms with E-state index < -0.39 is 0 Å². The number of anilines is 1. The number of carbonyl (C=O) groups is 1. The quantitative estimate of drug-likeness (QED) is 0.878. The standard InChI is InChI=1S/C14H14N2OS2/c1-2-9-7-18-14(16-9)19-13-6-10-8(5-11(13)15)3-4-12(10)17/h5-7H,2-4,15H2,1H3. The fourth-order valence-electron chi connectivity index (χ4n) is 2.17. The van der Waals surface area contributed by atoms with Gasteiger partial charge in [-0.15, -0.1) is 11.3 Å². The Hall–Kier alpha value is -1.33. The van der Waals surface area contributed by atoms with E-state index in [1.54, 1.807) is 23.1 Å². The average molecular weight is 290 g/mol. The van der Waals surface area contributed by atoms with Gasteiger partial charge in [-0.1, -0.05) is 18.7 Å². The first-order chi connectivity index (χ1) is 9.17. The van der Waals surface area contributed by atoms with Gasteiger partial charge >= 0.3 is 0 Å². The first kappa shape index (κ1) is 12.7. The number of benzene rings is 1. The van der Waals surface area contributed by atoms with Crippen molar-refractivity contribution in [2.45, 2.75) is 35.4 Å². The predicted octanol–water partition coefficient (Wildman–Crippen LogP) is 3.57. The van der Waals surface area contributed by atoms with Crippen molar-refractivity contribution in [3.63, 3.8) is 0 Å². The maximum Gasteiger partial charge on any atom is 0.163 e. The number of nitrogens with two attached hydrogens (primary N) is 1. The Morgan fingerprint density at radius 1 is 1.42 bits per heavy atom. The molecule has 0 atom stereocenters. The summed E-state index contributed by atoms with van der Waals surface area (Å²) in [5.74, 6) is 0.227. The molecule has 0 fully saturated rings. The molecule has 3 rings (SSSR count). The van der Waals surface area contributed by atoms with Gasteiger partial charge in [0.15, 0.2) is 10.1 Å². The van der Waals surface area contributed by atoms with Gasteiger partial charge in [0.2, 0.25) is 0 Å². The first-order valence-electron chi connectivity index (χ1n) is 6.25. The summed E-state index contributed by atoms with van der Waals surface area (Å²) in [6.07, 6.45) is 2.37. The van der Waals surface area contributed by atoms with Gasteiger partial charge in [-0.25, -0.2) is 4.98 Å². The lowest BCUT2D eigenvalue weighted by Crippen LogP contribution is -1.95. The van der Waals surface area contributed by atoms with Gasteiger partial charge < -0.3 is 5.73 Å². The van der Waals surface area contributed by atoms with E-state index in [1.165, 1.54) is 0 Å². The number of Topliss-reactive ketones (excluding diaryl/α,β-unsaturated/α-hetero) is 1. The van der Waals surface area contributed by atoms with Crippen molar-refractivity contribution in [2.24, 2.45) is 0 Å². The highest BCUT2D eigenvalue weighted by Crippen LogP contribution is 2.37. The van der Waals surface area contributed by atoms with Crippen LogP contribution in [0.4, 0.5) is 5.69 Å². The summed E-state index contributed by atoms with van der Waals surface area (Å²) in [7, 11) is 0. The number of nitrogen functional groups attached to an aromatic ring is 1. The minimum Gasteiger partial charge on any atom is -0.398 e. The summed E-state index contributed by atoms with van der Waals surface area (Å²) < 4.78 is 0.981. The zero-order chi connectivity index (χ0) is 13.4. The molecule has 2 N–H and O–H groups in total. The summed E-state index contributed by atoms with van der Waals surface area (Å²) in [6.45, 7) is 2.09. The third-order valence-corrected chi connectivity index (χ3v) is 5.31. The molecule has 0 saturated heterocycles. The maximum absolute atomic E-state index is 11.8. The number of hydrogen-bond acceptors (Lipinski definition) is 5. The Bertz CT molecular complexity index is 649. The molecule has 0 saturated carbocycles. The first-order valence-corrected chi connectivity index (χ1v) is 7.95. The highest BCUT2D eigenvalue weighted by molar-refractivity contribution is 8.01. The highest BCUT2D eigenvalue weighted by Gasteiger charge is 2.21. The van der Waals surface area contributed by atoms with Crippen LogP contribution in [0.5, 0.6) is 0 Å². The lowest BCUT2D eigenvalue weighted by molar-refractivity contribution is 0.0994. The van der Waals surface area contributed by atoms with E-state index in [4.69, 9.17) is 5.73 Å². The van der Waals surface area contributed by atoms with E-state index in [-0.39, 0.29) is 5.78 Å². The number of ketones is 1. The van der Waals surface area contributed by atoms with Crippen LogP contribution in [0.3, 0.4) is 0 Å². The zero-order valence-corrected chi connectivity index (χ0v) is 12.2. The molecule has 0 unspecified atom stereocenters. The van der Waals surface area contributed by atoms with E-state index in [1.807, 2.05) is 12.1 Å². The number of thiazole rings is 1. The van der Waals surface area contributed by atoms with Crippen molar-refractivity contribution in [2.75, 3.05) is 5.73 Å². The summed E-state index contributed by atoms with van der Waals surface area (Å²) in [5, 5.41) is 2.07. The van der Waals surface area contributed by atoms with Crippen LogP contribution in [0.25, 0.3) is 0 Å². The minimum absolute atomic E-state index is 0.227. The van der Waals surface area contributed by atoms with Gasteiger partial charge in [0.25, 0.3) is 0 Å². The Labute approximate surface area is 120 Å². The van der Waals surface area contributed by atoms with Gasteiger partial charge in [-0.05, 0) is 30.5 Å². The highest BCUT2D eigenvalue weighted by atomic mass is 32.2. The Morgan fingerprint density at radius 2 is 2.26 bits per heavy atom. The third kappa shape index (κ3) is 2.40. The van der Waals surface area contributed by atoms with E-state index in [9.17, 15) is 4.79 Å². The van der Waals surface area contributed by atoms with Crippen molar-refractivity contribution in [3.8, 4) is 0 Å². The van der Waals surface area contributed by atoms with Crippen LogP contribution < -0.4 is 5.73 Å². The predicted molar refractivity (Wildman–Crippen MR) is 79.1 cm³/mol. The van der Waals surface area contributed by atoms with E-state index in [0.717, 1.165) is 44.6 Å². The molecule has 0 aliphatic heterocycles. The number of carbonyl (C=O) groups excluding carboxylic acids is 1. The second kappa shape index (κ2) is 4.98. The molecule has 1 aliphatic rings. The van der Waals surface area contributed by atoms with Crippen LogP contribution in [0.1, 0.15) is 35.0 Å². The van der Waals surface area contributed by atoms with E-state index >= 15 is 0 Å². The average Bonchev–Trinajstić information content (AvgIpc) is 2.98. The van der Waals surface area contributed by atoms with Gasteiger partial charge in [-0.3, -0.25) is 4.79 Å². The second-order valence-electron chi connectivity index (χ2n) is 4.53. The molecule has 98 valence electrons. The van der Waals surface area contributed by atoms with Gasteiger partial charge in [0.05, 0.1) is 5.69 Å². The van der Waals surface area contributed by atoms with E-state index in [2.05, 4.69) is 17.3 Å². The maximum atomic E-state index is 11.8. The second-order valence-corrected chi connectivity index (χ2v) is 6.68. The van der Waals surface area contributed by atoms with Crippen molar-refractivity contribution in [1.29, 1.82) is 0 Å². The van der Waals surface area contributed by atoms with Crippen molar-refractivity contribution in [1.82, 2.24) is 4.98 Å². The van der Waals surface area contributed by atoms with E-state index in [0.29, 0.717) is 6.42 Å². The topological polar surface area (TPSA) is 56.0 Å². The van der Waals surface area contributed by atoms with Gasteiger partial charge in [0, 0.05) is 27.9 Å². The molecule has 3 nitrogen and oxygen atoms in total. The van der Waals surface area contributed by atoms with Crippen LogP contribution in [-0.2, 0) is 12.8 Å². The lowest BCUT2D eigenvalue weighted by atomic mass is 10.1. The molecular weight excluding hydrogens is 276 g/mol. The third-order valence-electron chi connectivity index (χ3n) is 3.25. The summed E-state index contributed by atoms with van der Waals surface area (Å²) in [4.78, 5) is 17.2. The van der Waals surface area contributed by atoms with Gasteiger partial charge in [-0.2, -0.15) is 0 Å². The molecule has 1 aromatic carbocycles. The molecule has 0 amide bonds. The lowest BCUT2D eigenvalue weighted by Gasteiger charge is -2.06. The van der Waals surface area contributed by atoms with Crippen molar-refractivity contribution >= 4 is 34.6 Å². The molecule has 1 aliphatic carbocycles. The summed E-state index contributed by atoms with van der Waals surface area (Å²) in [5.41, 5.74) is 9.83. The molecule has 2 aromatic rings. The molecule has 0 radical (unpaired) electrons. The van der Waals surface area contributed by atoms with Crippen LogP contribution in [-0.4, -0.2) is 10.8 Å². The fourth-order valence-corrected chi connectivity index (χ4v) is 4.11. The molecule has 1 aromatic heterocycles. The van der Waals surface area contributed by atoms with Crippen LogP contribution >= 0.6 is 23.1 Å². The normalized spacial score (nSPS) is 13.8. The summed E-state index contributed by atoms with van der Waals surface area (Å²) >= 11 is 3.17. The number of rotatable bonds is 3. The Kier molecular flexibility index (Phi) is 3.33. The van der Waals surface area contributed by atoms with Crippen LogP contribution in [0.2, 0.25) is 0 Å². The largest absolute Gasteiger partial charge is 0.398 e. The molecule has 1 heterocycles. The van der Waals surface area contributed by atoms with Crippen molar-refractivity contribution < 1.29 is 4.79 Å².